The van der Waals surface area contributed by atoms with E-state index in [1.807, 2.05) is 11.8 Å². The molecule has 0 aliphatic heterocycles. The number of hydrogen-bond donors (Lipinski definition) is 2. The van der Waals surface area contributed by atoms with Crippen molar-refractivity contribution in [1.82, 2.24) is 19.5 Å². The zero-order chi connectivity index (χ0) is 23.7. The topological polar surface area (TPSA) is 89.8 Å². The van der Waals surface area contributed by atoms with Crippen molar-refractivity contribution >= 4 is 28.7 Å². The Kier molecular flexibility index (Phi) is 14.5. The largest absolute Gasteiger partial charge is 0.382 e. The first-order valence-corrected chi connectivity index (χ1v) is 14.4. The number of fused-ring (bicyclic) bond motifs is 1. The Bertz CT molecular complexity index is 753. The van der Waals surface area contributed by atoms with E-state index in [1.165, 1.54) is 109 Å². The number of aliphatic hydroxyl groups is 1. The lowest BCUT2D eigenvalue weighted by atomic mass is 10.0. The number of imidazole rings is 1. The molecule has 7 heteroatoms. The summed E-state index contributed by atoms with van der Waals surface area (Å²) in [6.45, 7) is 4.34. The van der Waals surface area contributed by atoms with Gasteiger partial charge in [0.25, 0.3) is 0 Å². The Morgan fingerprint density at radius 3 is 1.88 bits per heavy atom. The van der Waals surface area contributed by atoms with Crippen molar-refractivity contribution < 1.29 is 5.11 Å². The van der Waals surface area contributed by atoms with E-state index in [1.54, 1.807) is 10.9 Å². The maximum atomic E-state index is 10.7. The molecule has 6 nitrogen and oxygen atoms in total. The molecule has 0 aliphatic carbocycles. The molecule has 2 atom stereocenters. The first kappa shape index (κ1) is 27.9. The van der Waals surface area contributed by atoms with Crippen LogP contribution in [0.2, 0.25) is 0 Å². The zero-order valence-corrected chi connectivity index (χ0v) is 21.9. The van der Waals surface area contributed by atoms with Gasteiger partial charge in [-0.2, -0.15) is 11.8 Å². The van der Waals surface area contributed by atoms with Gasteiger partial charge in [0.05, 0.1) is 6.33 Å². The van der Waals surface area contributed by atoms with Gasteiger partial charge in [0, 0.05) is 5.25 Å². The van der Waals surface area contributed by atoms with Crippen LogP contribution in [-0.2, 0) is 0 Å². The predicted octanol–water partition coefficient (Wildman–Crippen LogP) is 7.28. The fourth-order valence-electron chi connectivity index (χ4n) is 4.30. The number of nitrogens with two attached hydrogens (primary N) is 1. The number of aliphatic hydroxyl groups excluding tert-OH is 1. The summed E-state index contributed by atoms with van der Waals surface area (Å²) in [5.74, 6) is 1.42. The third kappa shape index (κ3) is 10.6. The molecule has 188 valence electrons. The summed E-state index contributed by atoms with van der Waals surface area (Å²) in [5, 5.41) is 10.8. The molecule has 0 aromatic carbocycles. The quantitative estimate of drug-likeness (QED) is 0.195. The molecule has 2 unspecified atom stereocenters. The molecule has 0 saturated carbocycles. The van der Waals surface area contributed by atoms with Gasteiger partial charge in [0.2, 0.25) is 0 Å². The number of unbranched alkanes of at least 4 members (excludes halogenated alkanes) is 15. The SMILES string of the molecule is CCCCCCCCCCCCCCCCCCSC(C)C(O)n1cnc2c(N)ncnc21. The second-order valence-electron chi connectivity index (χ2n) is 9.38. The molecule has 0 aliphatic rings. The average molecular weight is 478 g/mol. The minimum absolute atomic E-state index is 0.0648. The number of aromatic nitrogens is 4. The summed E-state index contributed by atoms with van der Waals surface area (Å²) in [6.07, 6.45) is 24.6. The van der Waals surface area contributed by atoms with E-state index in [4.69, 9.17) is 5.73 Å². The third-order valence-corrected chi connectivity index (χ3v) is 7.76. The predicted molar refractivity (Wildman–Crippen MR) is 142 cm³/mol. The number of nitrogen functional groups attached to an aromatic ring is 1. The van der Waals surface area contributed by atoms with E-state index < -0.39 is 6.23 Å². The van der Waals surface area contributed by atoms with Gasteiger partial charge in [-0.05, 0) is 19.1 Å². The fraction of sp³-hybridized carbons (Fsp3) is 0.808. The van der Waals surface area contributed by atoms with Gasteiger partial charge < -0.3 is 10.8 Å². The number of nitrogens with zero attached hydrogens (tertiary/aromatic N) is 4. The molecule has 3 N–H and O–H groups in total. The monoisotopic (exact) mass is 477 g/mol. The zero-order valence-electron chi connectivity index (χ0n) is 21.1. The molecule has 2 aromatic rings. The molecule has 0 amide bonds. The van der Waals surface area contributed by atoms with Crippen molar-refractivity contribution in [2.45, 2.75) is 128 Å². The molecular weight excluding hydrogens is 430 g/mol. The van der Waals surface area contributed by atoms with E-state index in [2.05, 4.69) is 28.8 Å². The van der Waals surface area contributed by atoms with Crippen molar-refractivity contribution in [3.8, 4) is 0 Å². The van der Waals surface area contributed by atoms with Crippen molar-refractivity contribution in [3.05, 3.63) is 12.7 Å². The Balaban J connectivity index is 1.41. The number of anilines is 1. The number of thioether (sulfide) groups is 1. The number of rotatable bonds is 20. The molecule has 2 aromatic heterocycles. The van der Waals surface area contributed by atoms with E-state index in [0.717, 1.165) is 5.75 Å². The van der Waals surface area contributed by atoms with Gasteiger partial charge in [-0.25, -0.2) is 15.0 Å². The Morgan fingerprint density at radius 1 is 0.818 bits per heavy atom. The molecule has 2 rings (SSSR count). The third-order valence-electron chi connectivity index (χ3n) is 6.47. The maximum Gasteiger partial charge on any atom is 0.167 e. The van der Waals surface area contributed by atoms with Gasteiger partial charge in [0.1, 0.15) is 18.1 Å². The van der Waals surface area contributed by atoms with Gasteiger partial charge in [-0.3, -0.25) is 4.57 Å². The summed E-state index contributed by atoms with van der Waals surface area (Å²) in [7, 11) is 0. The second-order valence-corrected chi connectivity index (χ2v) is 10.9. The minimum atomic E-state index is -0.671. The number of hydrogen-bond acceptors (Lipinski definition) is 6. The Hall–Kier alpha value is -1.34. The van der Waals surface area contributed by atoms with Gasteiger partial charge in [-0.1, -0.05) is 103 Å². The molecule has 0 saturated heterocycles. The summed E-state index contributed by atoms with van der Waals surface area (Å²) < 4.78 is 1.69. The molecule has 0 fully saturated rings. The van der Waals surface area contributed by atoms with Gasteiger partial charge in [0.15, 0.2) is 11.5 Å². The van der Waals surface area contributed by atoms with E-state index in [0.29, 0.717) is 17.0 Å². The highest BCUT2D eigenvalue weighted by molar-refractivity contribution is 7.99. The molecule has 2 heterocycles. The van der Waals surface area contributed by atoms with Gasteiger partial charge >= 0.3 is 0 Å². The van der Waals surface area contributed by atoms with Crippen LogP contribution in [0.3, 0.4) is 0 Å². The molecule has 0 spiro atoms. The maximum absolute atomic E-state index is 10.7. The van der Waals surface area contributed by atoms with E-state index in [-0.39, 0.29) is 5.25 Å². The molecule has 0 bridgehead atoms. The second kappa shape index (κ2) is 17.1. The van der Waals surface area contributed by atoms with Crippen LogP contribution >= 0.6 is 11.8 Å². The smallest absolute Gasteiger partial charge is 0.167 e. The summed E-state index contributed by atoms with van der Waals surface area (Å²) in [5.41, 5.74) is 6.97. The van der Waals surface area contributed by atoms with Crippen molar-refractivity contribution in [2.24, 2.45) is 0 Å². The lowest BCUT2D eigenvalue weighted by Crippen LogP contribution is -2.19. The average Bonchev–Trinajstić information content (AvgIpc) is 3.26. The van der Waals surface area contributed by atoms with Crippen LogP contribution in [0.4, 0.5) is 5.82 Å². The first-order valence-electron chi connectivity index (χ1n) is 13.4. The summed E-state index contributed by atoms with van der Waals surface area (Å²) in [6, 6.07) is 0. The van der Waals surface area contributed by atoms with Crippen LogP contribution in [0.15, 0.2) is 12.7 Å². The van der Waals surface area contributed by atoms with Crippen LogP contribution in [0, 0.1) is 0 Å². The van der Waals surface area contributed by atoms with Crippen molar-refractivity contribution in [2.75, 3.05) is 11.5 Å². The first-order chi connectivity index (χ1) is 16.1. The normalized spacial score (nSPS) is 13.5. The lowest BCUT2D eigenvalue weighted by molar-refractivity contribution is 0.109. The van der Waals surface area contributed by atoms with Crippen LogP contribution in [-0.4, -0.2) is 35.6 Å². The van der Waals surface area contributed by atoms with Crippen LogP contribution in [0.1, 0.15) is 123 Å². The van der Waals surface area contributed by atoms with E-state index in [9.17, 15) is 5.11 Å². The van der Waals surface area contributed by atoms with Crippen molar-refractivity contribution in [3.63, 3.8) is 0 Å². The fourth-order valence-corrected chi connectivity index (χ4v) is 5.34. The van der Waals surface area contributed by atoms with Crippen LogP contribution < -0.4 is 5.73 Å². The molecule has 0 radical (unpaired) electrons. The van der Waals surface area contributed by atoms with Crippen LogP contribution in [0.25, 0.3) is 11.2 Å². The summed E-state index contributed by atoms with van der Waals surface area (Å²) >= 11 is 1.81. The van der Waals surface area contributed by atoms with Crippen LogP contribution in [0.5, 0.6) is 0 Å². The Morgan fingerprint density at radius 2 is 1.33 bits per heavy atom. The highest BCUT2D eigenvalue weighted by atomic mass is 32.2. The molecule has 33 heavy (non-hydrogen) atoms. The summed E-state index contributed by atoms with van der Waals surface area (Å²) in [4.78, 5) is 12.4. The van der Waals surface area contributed by atoms with Crippen molar-refractivity contribution in [1.29, 1.82) is 0 Å². The van der Waals surface area contributed by atoms with E-state index >= 15 is 0 Å². The standard InChI is InChI=1S/C26H47N5OS/c1-3-4-5-6-7-8-9-10-11-12-13-14-15-16-17-18-19-33-22(2)26(32)31-21-30-23-24(27)28-20-29-25(23)31/h20-22,26,32H,3-19H2,1-2H3,(H2,27,28,29). The highest BCUT2D eigenvalue weighted by Crippen LogP contribution is 2.26. The minimum Gasteiger partial charge on any atom is -0.382 e. The van der Waals surface area contributed by atoms with Gasteiger partial charge in [-0.15, -0.1) is 0 Å². The Labute approximate surface area is 205 Å². The molecular formula is C26H47N5OS. The highest BCUT2D eigenvalue weighted by Gasteiger charge is 2.20. The lowest BCUT2D eigenvalue weighted by Gasteiger charge is -2.20.